The second-order valence-electron chi connectivity index (χ2n) is 9.69. The van der Waals surface area contributed by atoms with Gasteiger partial charge in [-0.3, -0.25) is 9.59 Å². The lowest BCUT2D eigenvalue weighted by Crippen LogP contribution is -2.47. The molecule has 2 saturated heterocycles. The largest absolute Gasteiger partial charge is 0.355 e. The molecule has 2 N–H and O–H groups in total. The highest BCUT2D eigenvalue weighted by atomic mass is 19.1. The molecule has 1 spiro atoms. The van der Waals surface area contributed by atoms with E-state index < -0.39 is 5.41 Å². The number of benzene rings is 1. The van der Waals surface area contributed by atoms with E-state index in [1.54, 1.807) is 24.3 Å². The number of nitrogens with zero attached hydrogens (tertiary/aromatic N) is 1. The molecule has 0 bridgehead atoms. The molecule has 0 saturated carbocycles. The van der Waals surface area contributed by atoms with Gasteiger partial charge in [0.2, 0.25) is 5.91 Å². The minimum Gasteiger partial charge on any atom is -0.355 e. The van der Waals surface area contributed by atoms with Crippen LogP contribution in [0.25, 0.3) is 0 Å². The number of halogens is 1. The van der Waals surface area contributed by atoms with Gasteiger partial charge >= 0.3 is 0 Å². The smallest absolute Gasteiger partial charge is 0.296 e. The number of rotatable bonds is 7. The van der Waals surface area contributed by atoms with Crippen LogP contribution in [0.5, 0.6) is 0 Å². The average molecular weight is 484 g/mol. The zero-order valence-electron chi connectivity index (χ0n) is 20.7. The highest BCUT2D eigenvalue weighted by molar-refractivity contribution is 6.52. The van der Waals surface area contributed by atoms with Crippen LogP contribution in [0.4, 0.5) is 4.39 Å². The summed E-state index contributed by atoms with van der Waals surface area (Å²) in [4.78, 5) is 27.3. The van der Waals surface area contributed by atoms with Gasteiger partial charge in [0.1, 0.15) is 5.82 Å². The lowest BCUT2D eigenvalue weighted by atomic mass is 9.49. The molecule has 3 aliphatic heterocycles. The Balaban J connectivity index is 1.24. The molecular formula is C29H32BFN3O2. The van der Waals surface area contributed by atoms with Gasteiger partial charge in [-0.2, -0.15) is 0 Å². The first-order chi connectivity index (χ1) is 17.4. The SMILES string of the molecule is C=C/C=C(C#CC(=O)NCCN1CCC2(CC1)C(=O)NCC2c1ccc(F)cc1)\C=C/C1[B]C(C)=C1. The van der Waals surface area contributed by atoms with E-state index in [0.29, 0.717) is 25.5 Å². The summed E-state index contributed by atoms with van der Waals surface area (Å²) < 4.78 is 13.4. The molecule has 2 atom stereocenters. The fourth-order valence-electron chi connectivity index (χ4n) is 5.29. The third kappa shape index (κ3) is 6.06. The minimum atomic E-state index is -0.448. The lowest BCUT2D eigenvalue weighted by molar-refractivity contribution is -0.130. The summed E-state index contributed by atoms with van der Waals surface area (Å²) in [5, 5.41) is 5.90. The van der Waals surface area contributed by atoms with Crippen molar-refractivity contribution >= 4 is 19.1 Å². The predicted molar refractivity (Wildman–Crippen MR) is 142 cm³/mol. The number of piperidine rings is 1. The Morgan fingerprint density at radius 1 is 1.31 bits per heavy atom. The number of carbonyl (C=O) groups is 2. The first-order valence-electron chi connectivity index (χ1n) is 12.5. The Kier molecular flexibility index (Phi) is 8.27. The predicted octanol–water partition coefficient (Wildman–Crippen LogP) is 3.32. The van der Waals surface area contributed by atoms with Crippen molar-refractivity contribution in [3.8, 4) is 11.8 Å². The Bertz CT molecular complexity index is 1150. The van der Waals surface area contributed by atoms with Crippen LogP contribution in [0.15, 0.2) is 72.3 Å². The van der Waals surface area contributed by atoms with Crippen molar-refractivity contribution in [3.05, 3.63) is 83.7 Å². The number of carbonyl (C=O) groups excluding carboxylic acids is 2. The maximum Gasteiger partial charge on any atom is 0.296 e. The van der Waals surface area contributed by atoms with Crippen LogP contribution >= 0.6 is 0 Å². The van der Waals surface area contributed by atoms with Crippen LogP contribution in [0.3, 0.4) is 0 Å². The van der Waals surface area contributed by atoms with Gasteiger partial charge in [-0.1, -0.05) is 55.9 Å². The fourth-order valence-corrected chi connectivity index (χ4v) is 5.29. The Morgan fingerprint density at radius 2 is 2.03 bits per heavy atom. The molecule has 7 heteroatoms. The zero-order valence-corrected chi connectivity index (χ0v) is 20.7. The van der Waals surface area contributed by atoms with Crippen LogP contribution < -0.4 is 10.6 Å². The maximum atomic E-state index is 13.4. The van der Waals surface area contributed by atoms with Gasteiger partial charge in [-0.15, -0.1) is 5.47 Å². The third-order valence-corrected chi connectivity index (χ3v) is 7.35. The molecule has 1 aromatic carbocycles. The first-order valence-corrected chi connectivity index (χ1v) is 12.5. The Hall–Kier alpha value is -3.37. The number of hydrogen-bond donors (Lipinski definition) is 2. The molecule has 5 nitrogen and oxygen atoms in total. The molecule has 2 amide bonds. The van der Waals surface area contributed by atoms with E-state index in [0.717, 1.165) is 37.1 Å². The highest BCUT2D eigenvalue weighted by Crippen LogP contribution is 2.47. The van der Waals surface area contributed by atoms with E-state index in [2.05, 4.69) is 54.2 Å². The van der Waals surface area contributed by atoms with Gasteiger partial charge in [0.15, 0.2) is 7.28 Å². The third-order valence-electron chi connectivity index (χ3n) is 7.35. The standard InChI is InChI=1S/C29H32BFN3O2/c1-3-4-22(5-9-24-19-21(2)30-24)6-12-27(35)32-15-18-34-16-13-29(14-17-34)26(20-33-28(29)36)23-7-10-25(31)11-8-23/h3-5,7-11,19,24,26H,1,13-18,20H2,2H3,(H,32,35)(H,33,36)/b9-5-,22-4+. The topological polar surface area (TPSA) is 61.4 Å². The summed E-state index contributed by atoms with van der Waals surface area (Å²) in [5.41, 5.74) is 2.56. The van der Waals surface area contributed by atoms with Crippen molar-refractivity contribution in [1.29, 1.82) is 0 Å². The molecule has 0 aliphatic carbocycles. The molecule has 1 radical (unpaired) electrons. The average Bonchev–Trinajstić information content (AvgIpc) is 3.16. The Morgan fingerprint density at radius 3 is 2.69 bits per heavy atom. The second-order valence-corrected chi connectivity index (χ2v) is 9.69. The summed E-state index contributed by atoms with van der Waals surface area (Å²) in [6.07, 6.45) is 11.0. The van der Waals surface area contributed by atoms with E-state index in [9.17, 15) is 14.0 Å². The minimum absolute atomic E-state index is 0.0526. The zero-order chi connectivity index (χ0) is 25.5. The number of likely N-dealkylation sites (tertiary alicyclic amines) is 1. The summed E-state index contributed by atoms with van der Waals surface area (Å²) >= 11 is 0. The summed E-state index contributed by atoms with van der Waals surface area (Å²) in [6, 6.07) is 6.51. The monoisotopic (exact) mass is 484 g/mol. The molecule has 2 unspecified atom stereocenters. The molecular weight excluding hydrogens is 452 g/mol. The van der Waals surface area contributed by atoms with Gasteiger partial charge in [0.25, 0.3) is 5.91 Å². The van der Waals surface area contributed by atoms with Crippen LogP contribution in [0.2, 0.25) is 5.82 Å². The fraction of sp³-hybridized carbons (Fsp3) is 0.379. The van der Waals surface area contributed by atoms with Gasteiger partial charge in [0.05, 0.1) is 5.41 Å². The quantitative estimate of drug-likeness (QED) is 0.355. The summed E-state index contributed by atoms with van der Waals surface area (Å²) in [7, 11) is 2.16. The molecule has 3 aliphatic rings. The van der Waals surface area contributed by atoms with E-state index >= 15 is 0 Å². The van der Waals surface area contributed by atoms with Crippen LogP contribution in [-0.2, 0) is 9.59 Å². The van der Waals surface area contributed by atoms with Crippen molar-refractivity contribution in [3.63, 3.8) is 0 Å². The second kappa shape index (κ2) is 11.6. The summed E-state index contributed by atoms with van der Waals surface area (Å²) in [5.74, 6) is 5.45. The van der Waals surface area contributed by atoms with Crippen molar-refractivity contribution < 1.29 is 14.0 Å². The van der Waals surface area contributed by atoms with Crippen molar-refractivity contribution in [2.45, 2.75) is 31.5 Å². The van der Waals surface area contributed by atoms with E-state index in [-0.39, 0.29) is 23.5 Å². The van der Waals surface area contributed by atoms with E-state index in [1.807, 2.05) is 12.2 Å². The lowest BCUT2D eigenvalue weighted by Gasteiger charge is -2.41. The number of nitrogens with one attached hydrogen (secondary N) is 2. The van der Waals surface area contributed by atoms with Crippen molar-refractivity contribution in [2.75, 3.05) is 32.7 Å². The molecule has 185 valence electrons. The van der Waals surface area contributed by atoms with Crippen LogP contribution in [-0.4, -0.2) is 56.7 Å². The molecule has 36 heavy (non-hydrogen) atoms. The number of amides is 2. The summed E-state index contributed by atoms with van der Waals surface area (Å²) in [6.45, 7) is 9.10. The normalized spacial score (nSPS) is 23.2. The van der Waals surface area contributed by atoms with Gasteiger partial charge in [0, 0.05) is 37.0 Å². The first kappa shape index (κ1) is 25.7. The molecule has 2 fully saturated rings. The van der Waals surface area contributed by atoms with Crippen molar-refractivity contribution in [2.24, 2.45) is 5.41 Å². The Labute approximate surface area is 213 Å². The molecule has 4 rings (SSSR count). The number of allylic oxidation sites excluding steroid dienone is 7. The van der Waals surface area contributed by atoms with Gasteiger partial charge in [-0.05, 0) is 55.5 Å². The maximum absolute atomic E-state index is 13.4. The van der Waals surface area contributed by atoms with E-state index in [1.165, 1.54) is 17.6 Å². The highest BCUT2D eigenvalue weighted by Gasteiger charge is 2.51. The van der Waals surface area contributed by atoms with Gasteiger partial charge in [-0.25, -0.2) is 4.39 Å². The van der Waals surface area contributed by atoms with Crippen LogP contribution in [0, 0.1) is 23.1 Å². The molecule has 3 heterocycles. The van der Waals surface area contributed by atoms with Gasteiger partial charge < -0.3 is 15.5 Å². The number of hydrogen-bond acceptors (Lipinski definition) is 3. The van der Waals surface area contributed by atoms with Crippen LogP contribution in [0.1, 0.15) is 31.2 Å². The van der Waals surface area contributed by atoms with E-state index in [4.69, 9.17) is 0 Å². The molecule has 0 aromatic heterocycles. The van der Waals surface area contributed by atoms with Crippen molar-refractivity contribution in [1.82, 2.24) is 15.5 Å². The molecule has 1 aromatic rings.